The van der Waals surface area contributed by atoms with Gasteiger partial charge >= 0.3 is 0 Å². The molecule has 0 aliphatic rings. The van der Waals surface area contributed by atoms with Gasteiger partial charge in [0.15, 0.2) is 11.5 Å². The van der Waals surface area contributed by atoms with E-state index in [4.69, 9.17) is 9.40 Å². The lowest BCUT2D eigenvalue weighted by molar-refractivity contribution is 0.102. The van der Waals surface area contributed by atoms with Crippen molar-refractivity contribution in [2.45, 2.75) is 26.0 Å². The molecule has 0 aliphatic carbocycles. The van der Waals surface area contributed by atoms with Crippen molar-refractivity contribution in [3.63, 3.8) is 0 Å². The molecule has 4 heteroatoms. The lowest BCUT2D eigenvalue weighted by Crippen LogP contribution is -2.06. The van der Waals surface area contributed by atoms with Crippen LogP contribution in [0.4, 0.5) is 0 Å². The van der Waals surface area contributed by atoms with Crippen LogP contribution in [0.15, 0.2) is 82.4 Å². The monoisotopic (exact) mass is 413 g/mol. The molecule has 3 nitrogen and oxygen atoms in total. The summed E-state index contributed by atoms with van der Waals surface area (Å²) in [5.41, 5.74) is 6.84. The van der Waals surface area contributed by atoms with Crippen LogP contribution in [0.1, 0.15) is 27.0 Å². The molecule has 0 unspecified atom stereocenters. The molecule has 0 bridgehead atoms. The Kier molecular flexibility index (Phi) is 5.86. The van der Waals surface area contributed by atoms with E-state index in [0.717, 1.165) is 39.3 Å². The smallest absolute Gasteiger partial charge is 0.257 e. The van der Waals surface area contributed by atoms with Crippen LogP contribution >= 0.6 is 11.8 Å². The third-order valence-corrected chi connectivity index (χ3v) is 5.99. The van der Waals surface area contributed by atoms with E-state index in [2.05, 4.69) is 13.0 Å². The molecule has 3 aromatic carbocycles. The van der Waals surface area contributed by atoms with Gasteiger partial charge < -0.3 is 4.42 Å². The Bertz CT molecular complexity index is 1120. The summed E-state index contributed by atoms with van der Waals surface area (Å²) in [5.74, 6) is 1.09. The summed E-state index contributed by atoms with van der Waals surface area (Å²) in [6.45, 7) is 6.08. The molecule has 0 atom stereocenters. The van der Waals surface area contributed by atoms with Crippen LogP contribution in [0.25, 0.3) is 22.6 Å². The lowest BCUT2D eigenvalue weighted by Gasteiger charge is -2.08. The van der Waals surface area contributed by atoms with Gasteiger partial charge in [-0.2, -0.15) is 0 Å². The van der Waals surface area contributed by atoms with Crippen LogP contribution in [0.2, 0.25) is 0 Å². The fourth-order valence-corrected chi connectivity index (χ4v) is 4.11. The van der Waals surface area contributed by atoms with Gasteiger partial charge in [-0.1, -0.05) is 78.5 Å². The maximum atomic E-state index is 12.8. The van der Waals surface area contributed by atoms with Crippen molar-refractivity contribution in [1.82, 2.24) is 4.98 Å². The largest absolute Gasteiger partial charge is 0.431 e. The predicted molar refractivity (Wildman–Crippen MR) is 123 cm³/mol. The van der Waals surface area contributed by atoms with Gasteiger partial charge in [-0.3, -0.25) is 4.79 Å². The van der Waals surface area contributed by atoms with E-state index in [1.165, 1.54) is 17.3 Å². The zero-order valence-corrected chi connectivity index (χ0v) is 18.1. The maximum absolute atomic E-state index is 12.8. The number of ketones is 1. The summed E-state index contributed by atoms with van der Waals surface area (Å²) in [7, 11) is 0. The number of oxazole rings is 1. The predicted octanol–water partition coefficient (Wildman–Crippen LogP) is 6.91. The Labute approximate surface area is 181 Å². The highest BCUT2D eigenvalue weighted by molar-refractivity contribution is 7.99. The number of hydrogen-bond acceptors (Lipinski definition) is 4. The summed E-state index contributed by atoms with van der Waals surface area (Å²) >= 11 is 1.34. The molecule has 1 aromatic heterocycles. The van der Waals surface area contributed by atoms with Gasteiger partial charge in [0.1, 0.15) is 5.69 Å². The molecule has 0 saturated heterocycles. The van der Waals surface area contributed by atoms with E-state index in [1.807, 2.05) is 80.6 Å². The van der Waals surface area contributed by atoms with Crippen molar-refractivity contribution in [2.24, 2.45) is 0 Å². The molecule has 150 valence electrons. The Morgan fingerprint density at radius 2 is 1.43 bits per heavy atom. The van der Waals surface area contributed by atoms with Gasteiger partial charge in [0.2, 0.25) is 0 Å². The van der Waals surface area contributed by atoms with Crippen molar-refractivity contribution >= 4 is 17.5 Å². The van der Waals surface area contributed by atoms with Crippen molar-refractivity contribution in [1.29, 1.82) is 0 Å². The maximum Gasteiger partial charge on any atom is 0.257 e. The minimum atomic E-state index is 0.0846. The van der Waals surface area contributed by atoms with E-state index >= 15 is 0 Å². The molecular formula is C26H23NO2S. The van der Waals surface area contributed by atoms with Gasteiger partial charge in [-0.25, -0.2) is 4.98 Å². The van der Waals surface area contributed by atoms with E-state index in [-0.39, 0.29) is 11.5 Å². The van der Waals surface area contributed by atoms with Crippen LogP contribution in [-0.4, -0.2) is 16.5 Å². The quantitative estimate of drug-likeness (QED) is 0.254. The minimum absolute atomic E-state index is 0.0846. The Morgan fingerprint density at radius 3 is 2.10 bits per heavy atom. The molecule has 4 rings (SSSR count). The van der Waals surface area contributed by atoms with Gasteiger partial charge in [0.05, 0.1) is 5.75 Å². The normalized spacial score (nSPS) is 10.9. The van der Waals surface area contributed by atoms with Crippen molar-refractivity contribution in [2.75, 3.05) is 5.75 Å². The summed E-state index contributed by atoms with van der Waals surface area (Å²) in [6, 6.07) is 24.0. The fraction of sp³-hybridized carbons (Fsp3) is 0.154. The van der Waals surface area contributed by atoms with Crippen LogP contribution in [0.3, 0.4) is 0 Å². The van der Waals surface area contributed by atoms with Crippen LogP contribution in [0, 0.1) is 20.8 Å². The first kappa shape index (κ1) is 20.2. The molecular weight excluding hydrogens is 390 g/mol. The fourth-order valence-electron chi connectivity index (χ4n) is 3.41. The Hall–Kier alpha value is -3.11. The van der Waals surface area contributed by atoms with Crippen molar-refractivity contribution in [3.8, 4) is 22.6 Å². The number of rotatable bonds is 6. The van der Waals surface area contributed by atoms with E-state index in [9.17, 15) is 4.79 Å². The first-order valence-corrected chi connectivity index (χ1v) is 10.9. The van der Waals surface area contributed by atoms with Gasteiger partial charge in [-0.15, -0.1) is 0 Å². The number of carbonyl (C=O) groups excluding carboxylic acids is 1. The molecule has 0 spiro atoms. The highest BCUT2D eigenvalue weighted by atomic mass is 32.2. The van der Waals surface area contributed by atoms with E-state index < -0.39 is 0 Å². The molecule has 4 aromatic rings. The molecule has 0 aliphatic heterocycles. The number of Topliss-reactive ketones (excluding diaryl/α,β-unsaturated/α-hetero) is 1. The first-order valence-electron chi connectivity index (χ1n) is 9.88. The highest BCUT2D eigenvalue weighted by Crippen LogP contribution is 2.35. The zero-order valence-electron chi connectivity index (χ0n) is 17.3. The standard InChI is InChI=1S/C26H23NO2S/c1-17-14-19(3)22(15-18(17)2)23(28)16-30-26-27-24(20-10-6-4-7-11-20)25(29-26)21-12-8-5-9-13-21/h4-15H,16H2,1-3H3. The molecule has 30 heavy (non-hydrogen) atoms. The summed E-state index contributed by atoms with van der Waals surface area (Å²) in [5, 5.41) is 0.502. The number of aromatic nitrogens is 1. The molecule has 0 N–H and O–H groups in total. The lowest BCUT2D eigenvalue weighted by atomic mass is 9.99. The average molecular weight is 414 g/mol. The number of carbonyl (C=O) groups is 1. The Morgan fingerprint density at radius 1 is 0.833 bits per heavy atom. The molecule has 0 fully saturated rings. The highest BCUT2D eigenvalue weighted by Gasteiger charge is 2.19. The third-order valence-electron chi connectivity index (χ3n) is 5.16. The van der Waals surface area contributed by atoms with Gasteiger partial charge in [0, 0.05) is 16.7 Å². The molecule has 1 heterocycles. The SMILES string of the molecule is Cc1cc(C)c(C(=O)CSc2nc(-c3ccccc3)c(-c3ccccc3)o2)cc1C. The number of hydrogen-bond donors (Lipinski definition) is 0. The third kappa shape index (κ3) is 4.24. The summed E-state index contributed by atoms with van der Waals surface area (Å²) in [6.07, 6.45) is 0. The summed E-state index contributed by atoms with van der Waals surface area (Å²) < 4.78 is 6.11. The zero-order chi connectivity index (χ0) is 21.1. The van der Waals surface area contributed by atoms with Gasteiger partial charge in [-0.05, 0) is 43.5 Å². The average Bonchev–Trinajstić information content (AvgIpc) is 3.20. The van der Waals surface area contributed by atoms with Crippen LogP contribution in [-0.2, 0) is 0 Å². The second-order valence-corrected chi connectivity index (χ2v) is 8.28. The minimum Gasteiger partial charge on any atom is -0.431 e. The number of benzene rings is 3. The van der Waals surface area contributed by atoms with E-state index in [0.29, 0.717) is 5.22 Å². The number of aryl methyl sites for hydroxylation is 3. The Balaban J connectivity index is 1.62. The second-order valence-electron chi connectivity index (χ2n) is 7.35. The van der Waals surface area contributed by atoms with Crippen LogP contribution in [0.5, 0.6) is 0 Å². The molecule has 0 amide bonds. The second kappa shape index (κ2) is 8.72. The summed E-state index contributed by atoms with van der Waals surface area (Å²) in [4.78, 5) is 17.6. The van der Waals surface area contributed by atoms with E-state index in [1.54, 1.807) is 0 Å². The molecule has 0 radical (unpaired) electrons. The van der Waals surface area contributed by atoms with Crippen molar-refractivity contribution in [3.05, 3.63) is 95.1 Å². The van der Waals surface area contributed by atoms with Crippen molar-refractivity contribution < 1.29 is 9.21 Å². The number of nitrogens with zero attached hydrogens (tertiary/aromatic N) is 1. The van der Waals surface area contributed by atoms with Crippen LogP contribution < -0.4 is 0 Å². The number of thioether (sulfide) groups is 1. The molecule has 0 saturated carbocycles. The van der Waals surface area contributed by atoms with Gasteiger partial charge in [0.25, 0.3) is 5.22 Å². The first-order chi connectivity index (χ1) is 14.5. The topological polar surface area (TPSA) is 43.1 Å².